The van der Waals surface area contributed by atoms with Crippen LogP contribution in [0.1, 0.15) is 41.9 Å². The second kappa shape index (κ2) is 5.96. The van der Waals surface area contributed by atoms with Gasteiger partial charge in [0.05, 0.1) is 11.7 Å². The van der Waals surface area contributed by atoms with Crippen molar-refractivity contribution in [2.75, 3.05) is 12.0 Å². The minimum Gasteiger partial charge on any atom is -0.459 e. The monoisotopic (exact) mass is 253 g/mol. The van der Waals surface area contributed by atoms with E-state index < -0.39 is 0 Å². The second-order valence-electron chi connectivity index (χ2n) is 4.14. The maximum atomic E-state index is 12.0. The molecule has 4 heteroatoms. The first kappa shape index (κ1) is 13.9. The molecule has 0 fully saturated rings. The van der Waals surface area contributed by atoms with Crippen LogP contribution in [0.15, 0.2) is 18.2 Å². The molecule has 2 N–H and O–H groups in total. The van der Waals surface area contributed by atoms with Crippen LogP contribution in [-0.2, 0) is 4.74 Å². The Balaban J connectivity index is 3.16. The van der Waals surface area contributed by atoms with Crippen LogP contribution in [0.3, 0.4) is 0 Å². The molecule has 1 aromatic carbocycles. The zero-order valence-corrected chi connectivity index (χ0v) is 11.5. The third-order valence-electron chi connectivity index (χ3n) is 2.47. The van der Waals surface area contributed by atoms with E-state index in [0.717, 1.165) is 5.56 Å². The Morgan fingerprint density at radius 2 is 2.00 bits per heavy atom. The van der Waals surface area contributed by atoms with Crippen LogP contribution in [0.2, 0.25) is 0 Å². The number of nitrogen functional groups attached to an aromatic ring is 1. The van der Waals surface area contributed by atoms with E-state index >= 15 is 0 Å². The Labute approximate surface area is 107 Å². The largest absolute Gasteiger partial charge is 0.459 e. The van der Waals surface area contributed by atoms with Crippen molar-refractivity contribution < 1.29 is 9.53 Å². The van der Waals surface area contributed by atoms with Gasteiger partial charge in [0.25, 0.3) is 0 Å². The molecule has 17 heavy (non-hydrogen) atoms. The molecular weight excluding hydrogens is 234 g/mol. The fraction of sp³-hybridized carbons (Fsp3) is 0.462. The lowest BCUT2D eigenvalue weighted by atomic mass is 10.0. The molecular formula is C13H19NO2S. The summed E-state index contributed by atoms with van der Waals surface area (Å²) in [6, 6.07) is 5.52. The number of carbonyl (C=O) groups is 1. The number of rotatable bonds is 4. The van der Waals surface area contributed by atoms with E-state index in [-0.39, 0.29) is 17.3 Å². The van der Waals surface area contributed by atoms with E-state index in [1.807, 2.05) is 39.2 Å². The summed E-state index contributed by atoms with van der Waals surface area (Å²) in [6.45, 7) is 5.70. The minimum atomic E-state index is -0.339. The molecule has 0 saturated carbocycles. The van der Waals surface area contributed by atoms with Crippen LogP contribution in [0.4, 0.5) is 5.69 Å². The molecule has 0 aromatic heterocycles. The van der Waals surface area contributed by atoms with Crippen LogP contribution in [0, 0.1) is 0 Å². The summed E-state index contributed by atoms with van der Waals surface area (Å²) in [5.74, 6) is -0.339. The first-order valence-electron chi connectivity index (χ1n) is 5.59. The third-order valence-corrected chi connectivity index (χ3v) is 3.43. The molecule has 1 atom stereocenters. The molecule has 0 amide bonds. The highest BCUT2D eigenvalue weighted by atomic mass is 32.2. The number of anilines is 1. The molecule has 0 aliphatic carbocycles. The highest BCUT2D eigenvalue weighted by Gasteiger charge is 2.20. The summed E-state index contributed by atoms with van der Waals surface area (Å²) in [6.07, 6.45) is 1.87. The summed E-state index contributed by atoms with van der Waals surface area (Å²) in [5, 5.41) is 0.216. The Hall–Kier alpha value is -1.16. The van der Waals surface area contributed by atoms with Crippen molar-refractivity contribution in [1.82, 2.24) is 0 Å². The van der Waals surface area contributed by atoms with Gasteiger partial charge in [0.15, 0.2) is 0 Å². The van der Waals surface area contributed by atoms with Gasteiger partial charge in [0.1, 0.15) is 0 Å². The standard InChI is InChI=1S/C13H19NO2S/c1-8(2)16-13(15)12-10(9(3)17-4)6-5-7-11(12)14/h5-9H,14H2,1-4H3. The van der Waals surface area contributed by atoms with Crippen molar-refractivity contribution in [3.05, 3.63) is 29.3 Å². The predicted octanol–water partition coefficient (Wildman–Crippen LogP) is 3.26. The number of hydrogen-bond acceptors (Lipinski definition) is 4. The molecule has 0 aliphatic rings. The predicted molar refractivity (Wildman–Crippen MR) is 73.3 cm³/mol. The van der Waals surface area contributed by atoms with Gasteiger partial charge in [-0.2, -0.15) is 11.8 Å². The lowest BCUT2D eigenvalue weighted by Crippen LogP contribution is -2.16. The normalized spacial score (nSPS) is 12.5. The minimum absolute atomic E-state index is 0.139. The molecule has 0 spiro atoms. The second-order valence-corrected chi connectivity index (χ2v) is 5.32. The Bertz CT molecular complexity index is 404. The maximum Gasteiger partial charge on any atom is 0.340 e. The topological polar surface area (TPSA) is 52.3 Å². The van der Waals surface area contributed by atoms with Gasteiger partial charge in [-0.05, 0) is 38.7 Å². The van der Waals surface area contributed by atoms with Gasteiger partial charge < -0.3 is 10.5 Å². The highest BCUT2D eigenvalue weighted by Crippen LogP contribution is 2.31. The Morgan fingerprint density at radius 3 is 2.53 bits per heavy atom. The van der Waals surface area contributed by atoms with Crippen LogP contribution < -0.4 is 5.73 Å². The number of benzene rings is 1. The van der Waals surface area contributed by atoms with Gasteiger partial charge in [-0.15, -0.1) is 0 Å². The molecule has 94 valence electrons. The quantitative estimate of drug-likeness (QED) is 0.661. The zero-order valence-electron chi connectivity index (χ0n) is 10.7. The van der Waals surface area contributed by atoms with Gasteiger partial charge in [-0.25, -0.2) is 4.79 Å². The van der Waals surface area contributed by atoms with Crippen molar-refractivity contribution >= 4 is 23.4 Å². The lowest BCUT2D eigenvalue weighted by molar-refractivity contribution is 0.0378. The van der Waals surface area contributed by atoms with Gasteiger partial charge in [-0.1, -0.05) is 12.1 Å². The van der Waals surface area contributed by atoms with Crippen molar-refractivity contribution in [2.24, 2.45) is 0 Å². The average molecular weight is 253 g/mol. The molecule has 1 rings (SSSR count). The average Bonchev–Trinajstić information content (AvgIpc) is 2.26. The number of esters is 1. The van der Waals surface area contributed by atoms with E-state index in [9.17, 15) is 4.79 Å². The number of ether oxygens (including phenoxy) is 1. The summed E-state index contributed by atoms with van der Waals surface area (Å²) in [5.41, 5.74) is 7.80. The smallest absolute Gasteiger partial charge is 0.340 e. The third kappa shape index (κ3) is 3.40. The van der Waals surface area contributed by atoms with Crippen LogP contribution in [-0.4, -0.2) is 18.3 Å². The van der Waals surface area contributed by atoms with Gasteiger partial charge >= 0.3 is 5.97 Å². The lowest BCUT2D eigenvalue weighted by Gasteiger charge is -2.16. The molecule has 1 aromatic rings. The van der Waals surface area contributed by atoms with Gasteiger partial charge in [-0.3, -0.25) is 0 Å². The zero-order chi connectivity index (χ0) is 13.0. The molecule has 0 bridgehead atoms. The number of carbonyl (C=O) groups excluding carboxylic acids is 1. The molecule has 0 saturated heterocycles. The SMILES string of the molecule is CSC(C)c1cccc(N)c1C(=O)OC(C)C. The highest BCUT2D eigenvalue weighted by molar-refractivity contribution is 7.98. The molecule has 1 unspecified atom stereocenters. The van der Waals surface area contributed by atoms with E-state index in [4.69, 9.17) is 10.5 Å². The van der Waals surface area contributed by atoms with E-state index in [0.29, 0.717) is 11.3 Å². The Morgan fingerprint density at radius 1 is 1.35 bits per heavy atom. The molecule has 0 heterocycles. The summed E-state index contributed by atoms with van der Waals surface area (Å²) in [7, 11) is 0. The molecule has 0 radical (unpaired) electrons. The first-order chi connectivity index (χ1) is 7.97. The van der Waals surface area contributed by atoms with Crippen molar-refractivity contribution in [3.63, 3.8) is 0 Å². The van der Waals surface area contributed by atoms with Gasteiger partial charge in [0, 0.05) is 10.9 Å². The molecule has 0 aliphatic heterocycles. The van der Waals surface area contributed by atoms with E-state index in [2.05, 4.69) is 0 Å². The fourth-order valence-electron chi connectivity index (χ4n) is 1.56. The number of thioether (sulfide) groups is 1. The van der Waals surface area contributed by atoms with Crippen molar-refractivity contribution in [2.45, 2.75) is 32.1 Å². The van der Waals surface area contributed by atoms with Crippen molar-refractivity contribution in [1.29, 1.82) is 0 Å². The molecule has 3 nitrogen and oxygen atoms in total. The van der Waals surface area contributed by atoms with Gasteiger partial charge in [0.2, 0.25) is 0 Å². The fourth-order valence-corrected chi connectivity index (χ4v) is 2.01. The van der Waals surface area contributed by atoms with E-state index in [1.165, 1.54) is 0 Å². The Kier molecular flexibility index (Phi) is 4.87. The summed E-state index contributed by atoms with van der Waals surface area (Å²) in [4.78, 5) is 12.0. The van der Waals surface area contributed by atoms with Crippen molar-refractivity contribution in [3.8, 4) is 0 Å². The first-order valence-corrected chi connectivity index (χ1v) is 6.88. The van der Waals surface area contributed by atoms with Crippen LogP contribution in [0.5, 0.6) is 0 Å². The number of nitrogens with two attached hydrogens (primary N) is 1. The van der Waals surface area contributed by atoms with E-state index in [1.54, 1.807) is 17.8 Å². The summed E-state index contributed by atoms with van der Waals surface area (Å²) < 4.78 is 5.22. The van der Waals surface area contributed by atoms with Crippen LogP contribution in [0.25, 0.3) is 0 Å². The summed E-state index contributed by atoms with van der Waals surface area (Å²) >= 11 is 1.67. The van der Waals surface area contributed by atoms with Crippen LogP contribution >= 0.6 is 11.8 Å². The number of hydrogen-bond donors (Lipinski definition) is 1. The maximum absolute atomic E-state index is 12.0.